The van der Waals surface area contributed by atoms with E-state index in [-0.39, 0.29) is 11.4 Å². The van der Waals surface area contributed by atoms with E-state index < -0.39 is 0 Å². The number of benzene rings is 1. The molecule has 0 fully saturated rings. The molecular formula is C11H11NO4S. The number of nitrogens with zero attached hydrogens (tertiary/aromatic N) is 1. The molecule has 1 aromatic carbocycles. The lowest BCUT2D eigenvalue weighted by Crippen LogP contribution is -2.14. The van der Waals surface area contributed by atoms with E-state index in [1.165, 1.54) is 24.8 Å². The van der Waals surface area contributed by atoms with Crippen LogP contribution in [-0.4, -0.2) is 16.8 Å². The lowest BCUT2D eigenvalue weighted by Gasteiger charge is -2.07. The fraction of sp³-hybridized carbons (Fsp3) is 0.182. The van der Waals surface area contributed by atoms with Gasteiger partial charge in [-0.05, 0) is 17.5 Å². The van der Waals surface area contributed by atoms with E-state index >= 15 is 0 Å². The van der Waals surface area contributed by atoms with E-state index in [2.05, 4.69) is 4.89 Å². The monoisotopic (exact) mass is 253 g/mol. The van der Waals surface area contributed by atoms with Crippen molar-refractivity contribution in [3.05, 3.63) is 34.6 Å². The highest BCUT2D eigenvalue weighted by atomic mass is 32.2. The van der Waals surface area contributed by atoms with Gasteiger partial charge in [0.25, 0.3) is 5.56 Å². The van der Waals surface area contributed by atoms with Crippen molar-refractivity contribution in [2.45, 2.75) is 4.90 Å². The van der Waals surface area contributed by atoms with E-state index in [0.29, 0.717) is 10.8 Å². The zero-order chi connectivity index (χ0) is 12.4. The molecule has 5 nitrogen and oxygen atoms in total. The minimum atomic E-state index is -0.247. The number of hydrogen-bond acceptors (Lipinski definition) is 5. The van der Waals surface area contributed by atoms with E-state index in [9.17, 15) is 9.90 Å². The molecule has 1 heterocycles. The first-order valence-electron chi connectivity index (χ1n) is 4.83. The van der Waals surface area contributed by atoms with Crippen LogP contribution in [0.25, 0.3) is 10.8 Å². The Kier molecular flexibility index (Phi) is 3.37. The predicted molar refractivity (Wildman–Crippen MR) is 64.8 cm³/mol. The highest BCUT2D eigenvalue weighted by Crippen LogP contribution is 2.28. The van der Waals surface area contributed by atoms with Gasteiger partial charge in [-0.25, -0.2) is 4.89 Å². The Labute approximate surface area is 102 Å². The van der Waals surface area contributed by atoms with Gasteiger partial charge in [-0.15, -0.1) is 0 Å². The molecule has 1 aromatic heterocycles. The highest BCUT2D eigenvalue weighted by Gasteiger charge is 2.07. The molecule has 17 heavy (non-hydrogen) atoms. The fourth-order valence-electron chi connectivity index (χ4n) is 1.49. The lowest BCUT2D eigenvalue weighted by atomic mass is 10.2. The third-order valence-electron chi connectivity index (χ3n) is 2.39. The normalized spacial score (nSPS) is 10.9. The first-order valence-corrected chi connectivity index (χ1v) is 5.57. The minimum Gasteiger partial charge on any atom is -0.494 e. The summed E-state index contributed by atoms with van der Waals surface area (Å²) >= 11 is 1.03. The largest absolute Gasteiger partial charge is 0.494 e. The van der Waals surface area contributed by atoms with Gasteiger partial charge in [0, 0.05) is 23.4 Å². The molecule has 1 N–H and O–H groups in total. The van der Waals surface area contributed by atoms with Gasteiger partial charge in [-0.2, -0.15) is 4.33 Å². The van der Waals surface area contributed by atoms with Crippen LogP contribution in [-0.2, 0) is 16.3 Å². The molecule has 0 atom stereocenters. The Morgan fingerprint density at radius 2 is 2.12 bits per heavy atom. The molecule has 0 aliphatic heterocycles. The van der Waals surface area contributed by atoms with Crippen molar-refractivity contribution in [1.82, 2.24) is 4.57 Å². The second kappa shape index (κ2) is 4.79. The smallest absolute Gasteiger partial charge is 0.253 e. The molecule has 0 saturated carbocycles. The topological polar surface area (TPSA) is 60.7 Å². The Morgan fingerprint density at radius 3 is 2.82 bits per heavy atom. The third-order valence-corrected chi connectivity index (χ3v) is 3.04. The van der Waals surface area contributed by atoms with E-state index in [0.717, 1.165) is 16.9 Å². The molecule has 0 saturated heterocycles. The van der Waals surface area contributed by atoms with Crippen LogP contribution in [0.4, 0.5) is 0 Å². The third kappa shape index (κ3) is 2.28. The van der Waals surface area contributed by atoms with Gasteiger partial charge in [0.2, 0.25) is 5.88 Å². The van der Waals surface area contributed by atoms with Crippen molar-refractivity contribution in [3.63, 3.8) is 0 Å². The van der Waals surface area contributed by atoms with Crippen LogP contribution in [0.15, 0.2) is 34.0 Å². The van der Waals surface area contributed by atoms with Crippen molar-refractivity contribution in [3.8, 4) is 5.88 Å². The van der Waals surface area contributed by atoms with Crippen molar-refractivity contribution in [2.75, 3.05) is 7.11 Å². The first-order chi connectivity index (χ1) is 8.13. The van der Waals surface area contributed by atoms with Gasteiger partial charge in [0.15, 0.2) is 0 Å². The van der Waals surface area contributed by atoms with Gasteiger partial charge in [-0.1, -0.05) is 6.07 Å². The maximum Gasteiger partial charge on any atom is 0.253 e. The number of hydrogen-bond donors (Lipinski definition) is 1. The van der Waals surface area contributed by atoms with Crippen LogP contribution in [0.2, 0.25) is 0 Å². The summed E-state index contributed by atoms with van der Waals surface area (Å²) in [5, 5.41) is 11.2. The quantitative estimate of drug-likeness (QED) is 0.513. The van der Waals surface area contributed by atoms with Crippen LogP contribution >= 0.6 is 12.0 Å². The van der Waals surface area contributed by atoms with Crippen LogP contribution in [0, 0.1) is 0 Å². The SMILES string of the molecule is COOSc1ccc2cc(=O)n(C)c(O)c2c1. The summed E-state index contributed by atoms with van der Waals surface area (Å²) in [6.45, 7) is 0. The molecule has 0 spiro atoms. The summed E-state index contributed by atoms with van der Waals surface area (Å²) in [6.07, 6.45) is 0. The zero-order valence-electron chi connectivity index (χ0n) is 9.34. The zero-order valence-corrected chi connectivity index (χ0v) is 10.2. The molecule has 6 heteroatoms. The molecule has 0 radical (unpaired) electrons. The first kappa shape index (κ1) is 12.0. The summed E-state index contributed by atoms with van der Waals surface area (Å²) in [4.78, 5) is 16.7. The van der Waals surface area contributed by atoms with Crippen molar-refractivity contribution in [1.29, 1.82) is 0 Å². The van der Waals surface area contributed by atoms with Gasteiger partial charge >= 0.3 is 0 Å². The van der Waals surface area contributed by atoms with E-state index in [1.807, 2.05) is 0 Å². The highest BCUT2D eigenvalue weighted by molar-refractivity contribution is 7.94. The van der Waals surface area contributed by atoms with Gasteiger partial charge < -0.3 is 5.11 Å². The Balaban J connectivity index is 2.57. The van der Waals surface area contributed by atoms with Gasteiger partial charge in [0.1, 0.15) is 0 Å². The molecule has 2 aromatic rings. The van der Waals surface area contributed by atoms with Crippen LogP contribution < -0.4 is 5.56 Å². The van der Waals surface area contributed by atoms with E-state index in [1.54, 1.807) is 18.2 Å². The van der Waals surface area contributed by atoms with Crippen LogP contribution in [0.5, 0.6) is 5.88 Å². The molecular weight excluding hydrogens is 242 g/mol. The average Bonchev–Trinajstić information content (AvgIpc) is 2.34. The average molecular weight is 253 g/mol. The van der Waals surface area contributed by atoms with Crippen LogP contribution in [0.1, 0.15) is 0 Å². The Morgan fingerprint density at radius 1 is 1.35 bits per heavy atom. The van der Waals surface area contributed by atoms with Crippen molar-refractivity contribution in [2.24, 2.45) is 7.05 Å². The number of aromatic nitrogens is 1. The Hall–Kier alpha value is -1.50. The lowest BCUT2D eigenvalue weighted by molar-refractivity contribution is -0.160. The second-order valence-electron chi connectivity index (χ2n) is 3.43. The summed E-state index contributed by atoms with van der Waals surface area (Å²) in [6, 6.07) is 6.73. The van der Waals surface area contributed by atoms with E-state index in [4.69, 9.17) is 4.33 Å². The number of pyridine rings is 1. The van der Waals surface area contributed by atoms with Crippen molar-refractivity contribution >= 4 is 22.8 Å². The number of aromatic hydroxyl groups is 1. The summed E-state index contributed by atoms with van der Waals surface area (Å²) < 4.78 is 5.92. The number of rotatable bonds is 3. The minimum absolute atomic E-state index is 0.0626. The second-order valence-corrected chi connectivity index (χ2v) is 4.21. The molecule has 0 unspecified atom stereocenters. The maximum absolute atomic E-state index is 11.5. The molecule has 90 valence electrons. The van der Waals surface area contributed by atoms with Gasteiger partial charge in [0.05, 0.1) is 19.2 Å². The summed E-state index contributed by atoms with van der Waals surface area (Å²) in [7, 11) is 2.93. The standard InChI is InChI=1S/C11H11NO4S/c1-12-10(13)5-7-3-4-8(17-16-15-2)6-9(7)11(12)14/h3-6,14H,1-2H3. The summed E-state index contributed by atoms with van der Waals surface area (Å²) in [5.41, 5.74) is -0.247. The van der Waals surface area contributed by atoms with Crippen LogP contribution in [0.3, 0.4) is 0 Å². The molecule has 0 bridgehead atoms. The summed E-state index contributed by atoms with van der Waals surface area (Å²) in [5.74, 6) is -0.0626. The van der Waals surface area contributed by atoms with Gasteiger partial charge in [-0.3, -0.25) is 9.36 Å². The predicted octanol–water partition coefficient (Wildman–Crippen LogP) is 1.83. The fourth-order valence-corrected chi connectivity index (χ4v) is 1.93. The number of fused-ring (bicyclic) bond motifs is 1. The Bertz CT molecular complexity index is 608. The molecule has 2 rings (SSSR count). The molecule has 0 amide bonds. The molecule has 0 aliphatic carbocycles. The maximum atomic E-state index is 11.5. The van der Waals surface area contributed by atoms with Crippen molar-refractivity contribution < 1.29 is 14.3 Å². The molecule has 0 aliphatic rings.